The first kappa shape index (κ1) is 16.3. The topological polar surface area (TPSA) is 62.0 Å². The lowest BCUT2D eigenvalue weighted by atomic mass is 10.0. The largest absolute Gasteiger partial charge is 0.361 e. The Morgan fingerprint density at radius 1 is 1.16 bits per heavy atom. The van der Waals surface area contributed by atoms with Gasteiger partial charge in [0.15, 0.2) is 0 Å². The van der Waals surface area contributed by atoms with Crippen molar-refractivity contribution in [2.45, 2.75) is 36.6 Å². The van der Waals surface area contributed by atoms with Gasteiger partial charge in [-0.05, 0) is 61.6 Å². The van der Waals surface area contributed by atoms with Crippen LogP contribution in [-0.4, -0.2) is 18.9 Å². The second kappa shape index (κ2) is 5.68. The van der Waals surface area contributed by atoms with Gasteiger partial charge in [0.1, 0.15) is 5.82 Å². The molecule has 6 heteroatoms. The van der Waals surface area contributed by atoms with Crippen LogP contribution in [0, 0.1) is 5.82 Å². The van der Waals surface area contributed by atoms with Gasteiger partial charge in [-0.25, -0.2) is 17.5 Å². The first-order valence-corrected chi connectivity index (χ1v) is 9.71. The molecule has 0 unspecified atom stereocenters. The maximum atomic E-state index is 13.0. The molecule has 1 heterocycles. The Morgan fingerprint density at radius 2 is 1.88 bits per heavy atom. The molecule has 3 aromatic rings. The monoisotopic (exact) mass is 358 g/mol. The van der Waals surface area contributed by atoms with E-state index in [1.54, 1.807) is 24.3 Å². The molecule has 2 N–H and O–H groups in total. The van der Waals surface area contributed by atoms with E-state index in [0.717, 1.165) is 34.9 Å². The quantitative estimate of drug-likeness (QED) is 0.730. The van der Waals surface area contributed by atoms with Crippen LogP contribution in [0.2, 0.25) is 0 Å². The molecule has 0 saturated heterocycles. The molecule has 1 aromatic heterocycles. The van der Waals surface area contributed by atoms with Crippen LogP contribution in [0.15, 0.2) is 53.6 Å². The van der Waals surface area contributed by atoms with Gasteiger partial charge >= 0.3 is 0 Å². The Labute approximate surface area is 146 Å². The number of rotatable bonds is 5. The summed E-state index contributed by atoms with van der Waals surface area (Å²) in [7, 11) is -3.51. The summed E-state index contributed by atoms with van der Waals surface area (Å²) in [5.41, 5.74) is 2.54. The highest BCUT2D eigenvalue weighted by Gasteiger charge is 2.41. The summed E-state index contributed by atoms with van der Waals surface area (Å²) < 4.78 is 40.8. The minimum atomic E-state index is -3.51. The molecule has 1 fully saturated rings. The van der Waals surface area contributed by atoms with Gasteiger partial charge < -0.3 is 4.98 Å². The van der Waals surface area contributed by atoms with Crippen molar-refractivity contribution < 1.29 is 12.8 Å². The number of aromatic nitrogens is 1. The summed E-state index contributed by atoms with van der Waals surface area (Å²) >= 11 is 0. The highest BCUT2D eigenvalue weighted by Crippen LogP contribution is 2.36. The van der Waals surface area contributed by atoms with Crippen molar-refractivity contribution >= 4 is 20.9 Å². The van der Waals surface area contributed by atoms with E-state index < -0.39 is 10.0 Å². The minimum absolute atomic E-state index is 0.255. The lowest BCUT2D eigenvalue weighted by molar-refractivity contribution is 0.558. The van der Waals surface area contributed by atoms with Crippen LogP contribution in [0.1, 0.15) is 30.9 Å². The van der Waals surface area contributed by atoms with E-state index >= 15 is 0 Å². The number of fused-ring (bicyclic) bond motifs is 1. The van der Waals surface area contributed by atoms with Gasteiger partial charge in [-0.1, -0.05) is 18.2 Å². The summed E-state index contributed by atoms with van der Waals surface area (Å²) in [6.45, 7) is 1.92. The molecule has 4 rings (SSSR count). The molecule has 4 nitrogen and oxygen atoms in total. The third-order valence-electron chi connectivity index (χ3n) is 4.74. The van der Waals surface area contributed by atoms with Crippen LogP contribution >= 0.6 is 0 Å². The molecule has 0 atom stereocenters. The second-order valence-electron chi connectivity index (χ2n) is 6.99. The van der Waals surface area contributed by atoms with Gasteiger partial charge in [0.25, 0.3) is 0 Å². The first-order valence-electron chi connectivity index (χ1n) is 8.23. The van der Waals surface area contributed by atoms with E-state index in [9.17, 15) is 12.8 Å². The van der Waals surface area contributed by atoms with Crippen molar-refractivity contribution in [3.63, 3.8) is 0 Å². The Bertz CT molecular complexity index is 1030. The number of H-pyrrole nitrogens is 1. The summed E-state index contributed by atoms with van der Waals surface area (Å²) in [5, 5.41) is 0.973. The zero-order chi connectivity index (χ0) is 17.7. The first-order chi connectivity index (χ1) is 11.8. The van der Waals surface area contributed by atoms with Crippen molar-refractivity contribution in [1.82, 2.24) is 9.71 Å². The molecule has 25 heavy (non-hydrogen) atoms. The maximum absolute atomic E-state index is 13.0. The molecule has 0 radical (unpaired) electrons. The number of hydrogen-bond donors (Lipinski definition) is 2. The molecule has 1 aliphatic carbocycles. The Kier molecular flexibility index (Phi) is 3.70. The number of hydrogen-bond acceptors (Lipinski definition) is 2. The SMILES string of the molecule is CC1(NS(=O)(=O)c2ccc3c(Cc4ccc(F)cc4)c[nH]c3c2)CC1. The molecule has 0 aliphatic heterocycles. The predicted octanol–water partition coefficient (Wildman–Crippen LogP) is 3.73. The Balaban J connectivity index is 1.63. The van der Waals surface area contributed by atoms with Crippen LogP contribution < -0.4 is 4.72 Å². The normalized spacial score (nSPS) is 16.2. The molecule has 0 bridgehead atoms. The van der Waals surface area contributed by atoms with Crippen LogP contribution in [0.25, 0.3) is 10.9 Å². The average Bonchev–Trinajstić information content (AvgIpc) is 3.15. The number of benzene rings is 2. The van der Waals surface area contributed by atoms with Crippen LogP contribution in [0.5, 0.6) is 0 Å². The van der Waals surface area contributed by atoms with Gasteiger partial charge in [0, 0.05) is 22.6 Å². The van der Waals surface area contributed by atoms with Crippen LogP contribution in [0.4, 0.5) is 4.39 Å². The summed E-state index contributed by atoms with van der Waals surface area (Å²) in [6.07, 6.45) is 4.28. The van der Waals surface area contributed by atoms with Gasteiger partial charge in [-0.15, -0.1) is 0 Å². The lowest BCUT2D eigenvalue weighted by Gasteiger charge is -2.12. The fraction of sp³-hybridized carbons (Fsp3) is 0.263. The van der Waals surface area contributed by atoms with Gasteiger partial charge in [0.2, 0.25) is 10.0 Å². The van der Waals surface area contributed by atoms with E-state index in [0.29, 0.717) is 6.42 Å². The average molecular weight is 358 g/mol. The van der Waals surface area contributed by atoms with Gasteiger partial charge in [-0.3, -0.25) is 0 Å². The number of sulfonamides is 1. The zero-order valence-corrected chi connectivity index (χ0v) is 14.7. The van der Waals surface area contributed by atoms with Crippen molar-refractivity contribution in [3.8, 4) is 0 Å². The maximum Gasteiger partial charge on any atom is 0.241 e. The molecule has 2 aromatic carbocycles. The highest BCUT2D eigenvalue weighted by atomic mass is 32.2. The molecule has 130 valence electrons. The second-order valence-corrected chi connectivity index (χ2v) is 8.67. The predicted molar refractivity (Wildman–Crippen MR) is 95.5 cm³/mol. The third kappa shape index (κ3) is 3.32. The van der Waals surface area contributed by atoms with E-state index in [1.807, 2.05) is 19.2 Å². The van der Waals surface area contributed by atoms with Crippen molar-refractivity contribution in [1.29, 1.82) is 0 Å². The molecule has 0 spiro atoms. The molecular weight excluding hydrogens is 339 g/mol. The van der Waals surface area contributed by atoms with Crippen LogP contribution in [0.3, 0.4) is 0 Å². The lowest BCUT2D eigenvalue weighted by Crippen LogP contribution is -2.34. The van der Waals surface area contributed by atoms with E-state index in [-0.39, 0.29) is 16.3 Å². The number of halogens is 1. The van der Waals surface area contributed by atoms with Gasteiger partial charge in [0.05, 0.1) is 4.90 Å². The van der Waals surface area contributed by atoms with Crippen molar-refractivity contribution in [2.75, 3.05) is 0 Å². The fourth-order valence-electron chi connectivity index (χ4n) is 2.97. The van der Waals surface area contributed by atoms with Crippen molar-refractivity contribution in [3.05, 3.63) is 65.6 Å². The Morgan fingerprint density at radius 3 is 2.56 bits per heavy atom. The van der Waals surface area contributed by atoms with E-state index in [1.165, 1.54) is 12.1 Å². The summed E-state index contributed by atoms with van der Waals surface area (Å²) in [6, 6.07) is 11.5. The van der Waals surface area contributed by atoms with Crippen molar-refractivity contribution in [2.24, 2.45) is 0 Å². The fourth-order valence-corrected chi connectivity index (χ4v) is 4.46. The smallest absolute Gasteiger partial charge is 0.241 e. The Hall–Kier alpha value is -2.18. The number of aromatic amines is 1. The molecule has 0 amide bonds. The summed E-state index contributed by atoms with van der Waals surface area (Å²) in [4.78, 5) is 3.41. The molecular formula is C19H19FN2O2S. The standard InChI is InChI=1S/C19H19FN2O2S/c1-19(8-9-19)22-25(23,24)16-6-7-17-14(12-21-18(17)11-16)10-13-2-4-15(20)5-3-13/h2-7,11-12,21-22H,8-10H2,1H3. The number of nitrogens with one attached hydrogen (secondary N) is 2. The minimum Gasteiger partial charge on any atom is -0.361 e. The highest BCUT2D eigenvalue weighted by molar-refractivity contribution is 7.89. The van der Waals surface area contributed by atoms with E-state index in [2.05, 4.69) is 9.71 Å². The molecule has 1 saturated carbocycles. The third-order valence-corrected chi connectivity index (χ3v) is 6.37. The molecule has 1 aliphatic rings. The van der Waals surface area contributed by atoms with E-state index in [4.69, 9.17) is 0 Å². The van der Waals surface area contributed by atoms with Gasteiger partial charge in [-0.2, -0.15) is 0 Å². The van der Waals surface area contributed by atoms with Crippen LogP contribution in [-0.2, 0) is 16.4 Å². The summed E-state index contributed by atoms with van der Waals surface area (Å²) in [5.74, 6) is -0.255. The zero-order valence-electron chi connectivity index (χ0n) is 13.8.